The van der Waals surface area contributed by atoms with Crippen molar-refractivity contribution in [2.45, 2.75) is 12.5 Å². The maximum absolute atomic E-state index is 13.0. The van der Waals surface area contributed by atoms with Gasteiger partial charge < -0.3 is 5.11 Å². The number of hydrogen-bond donors (Lipinski definition) is 1. The summed E-state index contributed by atoms with van der Waals surface area (Å²) in [5.74, 6) is -2.44. The number of rotatable bonds is 3. The third kappa shape index (κ3) is 2.59. The predicted molar refractivity (Wildman–Crippen MR) is 44.4 cm³/mol. The van der Waals surface area contributed by atoms with Crippen molar-refractivity contribution in [2.75, 3.05) is 6.54 Å². The second-order valence-electron chi connectivity index (χ2n) is 3.06. The third-order valence-electron chi connectivity index (χ3n) is 1.99. The van der Waals surface area contributed by atoms with Crippen LogP contribution in [0.3, 0.4) is 0 Å². The highest BCUT2D eigenvalue weighted by Gasteiger charge is 2.30. The molecule has 0 aromatic rings. The van der Waals surface area contributed by atoms with E-state index in [0.717, 1.165) is 12.2 Å². The van der Waals surface area contributed by atoms with Crippen molar-refractivity contribution < 1.29 is 18.8 Å². The van der Waals surface area contributed by atoms with Gasteiger partial charge in [0.25, 0.3) is 0 Å². The lowest BCUT2D eigenvalue weighted by Gasteiger charge is -2.19. The van der Waals surface area contributed by atoms with Gasteiger partial charge in [-0.05, 0) is 12.2 Å². The van der Waals surface area contributed by atoms with E-state index in [9.17, 15) is 24.0 Å². The SMILES string of the molecule is O=[N+]([O-])C[C@H](O)C1CC(F)=CC=C1F. The average Bonchev–Trinajstić information content (AvgIpc) is 2.08. The van der Waals surface area contributed by atoms with Crippen molar-refractivity contribution in [1.82, 2.24) is 0 Å². The molecule has 0 spiro atoms. The third-order valence-corrected chi connectivity index (χ3v) is 1.99. The molecule has 6 heteroatoms. The topological polar surface area (TPSA) is 63.4 Å². The van der Waals surface area contributed by atoms with Gasteiger partial charge in [0.05, 0.1) is 0 Å². The first-order chi connectivity index (χ1) is 6.50. The molecule has 78 valence electrons. The molecule has 0 aromatic carbocycles. The van der Waals surface area contributed by atoms with Crippen molar-refractivity contribution in [3.8, 4) is 0 Å². The maximum atomic E-state index is 13.0. The van der Waals surface area contributed by atoms with Crippen molar-refractivity contribution in [1.29, 1.82) is 0 Å². The summed E-state index contributed by atoms with van der Waals surface area (Å²) in [6.45, 7) is -0.779. The molecule has 0 fully saturated rings. The van der Waals surface area contributed by atoms with E-state index in [1.807, 2.05) is 0 Å². The molecule has 0 radical (unpaired) electrons. The summed E-state index contributed by atoms with van der Waals surface area (Å²) >= 11 is 0. The van der Waals surface area contributed by atoms with E-state index in [4.69, 9.17) is 0 Å². The Morgan fingerprint density at radius 2 is 2.29 bits per heavy atom. The number of nitrogens with zero attached hydrogens (tertiary/aromatic N) is 1. The van der Waals surface area contributed by atoms with Crippen LogP contribution in [-0.4, -0.2) is 22.7 Å². The Labute approximate surface area is 78.7 Å². The van der Waals surface area contributed by atoms with Crippen LogP contribution in [-0.2, 0) is 0 Å². The van der Waals surface area contributed by atoms with Crippen LogP contribution in [0.4, 0.5) is 8.78 Å². The Morgan fingerprint density at radius 1 is 1.64 bits per heavy atom. The highest BCUT2D eigenvalue weighted by atomic mass is 19.1. The van der Waals surface area contributed by atoms with E-state index >= 15 is 0 Å². The fraction of sp³-hybridized carbons (Fsp3) is 0.500. The number of allylic oxidation sites excluding steroid dienone is 3. The summed E-state index contributed by atoms with van der Waals surface area (Å²) in [5, 5.41) is 19.3. The van der Waals surface area contributed by atoms with Crippen LogP contribution in [0, 0.1) is 16.0 Å². The lowest BCUT2D eigenvalue weighted by molar-refractivity contribution is -0.492. The van der Waals surface area contributed by atoms with E-state index < -0.39 is 35.1 Å². The molecule has 0 bridgehead atoms. The number of aliphatic hydroxyl groups excluding tert-OH is 1. The van der Waals surface area contributed by atoms with Crippen molar-refractivity contribution in [2.24, 2.45) is 5.92 Å². The quantitative estimate of drug-likeness (QED) is 0.558. The predicted octanol–water partition coefficient (Wildman–Crippen LogP) is 1.35. The number of nitro groups is 1. The highest BCUT2D eigenvalue weighted by Crippen LogP contribution is 2.29. The first kappa shape index (κ1) is 10.8. The molecule has 0 heterocycles. The van der Waals surface area contributed by atoms with Crippen LogP contribution in [0.5, 0.6) is 0 Å². The smallest absolute Gasteiger partial charge is 0.230 e. The second kappa shape index (κ2) is 4.28. The summed E-state index contributed by atoms with van der Waals surface area (Å²) in [5.41, 5.74) is 0. The van der Waals surface area contributed by atoms with Crippen molar-refractivity contribution in [3.63, 3.8) is 0 Å². The fourth-order valence-electron chi connectivity index (χ4n) is 1.27. The molecule has 4 nitrogen and oxygen atoms in total. The van der Waals surface area contributed by atoms with Crippen LogP contribution in [0.1, 0.15) is 6.42 Å². The van der Waals surface area contributed by atoms with Crippen LogP contribution >= 0.6 is 0 Å². The molecule has 0 aliphatic heterocycles. The summed E-state index contributed by atoms with van der Waals surface area (Å²) < 4.78 is 25.7. The summed E-state index contributed by atoms with van der Waals surface area (Å²) in [7, 11) is 0. The van der Waals surface area contributed by atoms with Crippen LogP contribution in [0.25, 0.3) is 0 Å². The first-order valence-corrected chi connectivity index (χ1v) is 4.02. The maximum Gasteiger partial charge on any atom is 0.230 e. The number of hydrogen-bond acceptors (Lipinski definition) is 3. The van der Waals surface area contributed by atoms with Gasteiger partial charge in [-0.15, -0.1) is 0 Å². The molecule has 0 saturated carbocycles. The Morgan fingerprint density at radius 3 is 2.86 bits per heavy atom. The Balaban J connectivity index is 2.65. The molecular formula is C8H9F2NO3. The average molecular weight is 205 g/mol. The first-order valence-electron chi connectivity index (χ1n) is 4.02. The van der Waals surface area contributed by atoms with E-state index in [-0.39, 0.29) is 6.42 Å². The molecule has 1 aliphatic carbocycles. The largest absolute Gasteiger partial charge is 0.386 e. The molecule has 1 unspecified atom stereocenters. The Kier molecular flexibility index (Phi) is 3.29. The Hall–Kier alpha value is -1.30. The summed E-state index contributed by atoms with van der Waals surface area (Å²) in [4.78, 5) is 9.28. The van der Waals surface area contributed by atoms with Crippen molar-refractivity contribution >= 4 is 0 Å². The van der Waals surface area contributed by atoms with E-state index in [1.165, 1.54) is 0 Å². The minimum Gasteiger partial charge on any atom is -0.386 e. The molecule has 0 aromatic heterocycles. The van der Waals surface area contributed by atoms with Gasteiger partial charge in [-0.1, -0.05) is 0 Å². The van der Waals surface area contributed by atoms with Crippen molar-refractivity contribution in [3.05, 3.63) is 33.9 Å². The van der Waals surface area contributed by atoms with Crippen LogP contribution < -0.4 is 0 Å². The Bertz CT molecular complexity index is 301. The standard InChI is InChI=1S/C8H9F2NO3/c9-5-1-2-7(10)6(3-5)8(12)4-11(13)14/h1-2,6,8,12H,3-4H2/t6?,8-/m0/s1. The van der Waals surface area contributed by atoms with Crippen LogP contribution in [0.2, 0.25) is 0 Å². The monoisotopic (exact) mass is 205 g/mol. The lowest BCUT2D eigenvalue weighted by atomic mass is 9.93. The zero-order valence-corrected chi connectivity index (χ0v) is 7.19. The van der Waals surface area contributed by atoms with Gasteiger partial charge in [0.1, 0.15) is 17.8 Å². The van der Waals surface area contributed by atoms with E-state index in [1.54, 1.807) is 0 Å². The summed E-state index contributed by atoms with van der Waals surface area (Å²) in [6.07, 6.45) is 0.0232. The van der Waals surface area contributed by atoms with Gasteiger partial charge in [0, 0.05) is 17.3 Å². The molecule has 2 atom stereocenters. The lowest BCUT2D eigenvalue weighted by Crippen LogP contribution is -2.29. The second-order valence-corrected chi connectivity index (χ2v) is 3.06. The molecular weight excluding hydrogens is 196 g/mol. The minimum absolute atomic E-state index is 0.322. The molecule has 1 rings (SSSR count). The normalized spacial score (nSPS) is 23.8. The molecule has 14 heavy (non-hydrogen) atoms. The van der Waals surface area contributed by atoms with Gasteiger partial charge in [0.15, 0.2) is 0 Å². The zero-order valence-electron chi connectivity index (χ0n) is 7.19. The fourth-order valence-corrected chi connectivity index (χ4v) is 1.27. The molecule has 0 amide bonds. The highest BCUT2D eigenvalue weighted by molar-refractivity contribution is 5.20. The summed E-state index contributed by atoms with van der Waals surface area (Å²) in [6, 6.07) is 0. The van der Waals surface area contributed by atoms with Crippen LogP contribution in [0.15, 0.2) is 23.8 Å². The number of aliphatic hydroxyl groups is 1. The molecule has 1 N–H and O–H groups in total. The minimum atomic E-state index is -1.49. The van der Waals surface area contributed by atoms with Gasteiger partial charge >= 0.3 is 0 Å². The van der Waals surface area contributed by atoms with E-state index in [2.05, 4.69) is 0 Å². The van der Waals surface area contributed by atoms with Gasteiger partial charge in [-0.25, -0.2) is 8.78 Å². The number of halogens is 2. The molecule has 1 aliphatic rings. The van der Waals surface area contributed by atoms with Gasteiger partial charge in [-0.3, -0.25) is 10.1 Å². The van der Waals surface area contributed by atoms with Gasteiger partial charge in [0.2, 0.25) is 6.54 Å². The zero-order chi connectivity index (χ0) is 10.7. The van der Waals surface area contributed by atoms with E-state index in [0.29, 0.717) is 0 Å². The van der Waals surface area contributed by atoms with Gasteiger partial charge in [-0.2, -0.15) is 0 Å². The molecule has 0 saturated heterocycles.